The van der Waals surface area contributed by atoms with Gasteiger partial charge in [-0.15, -0.1) is 0 Å². The lowest BCUT2D eigenvalue weighted by atomic mass is 9.89. The number of pyridine rings is 1. The summed E-state index contributed by atoms with van der Waals surface area (Å²) < 4.78 is 2.06. The highest BCUT2D eigenvalue weighted by molar-refractivity contribution is 5.67. The van der Waals surface area contributed by atoms with Crippen molar-refractivity contribution in [1.29, 1.82) is 0 Å². The molecule has 0 amide bonds. The molecule has 6 rings (SSSR count). The van der Waals surface area contributed by atoms with Crippen molar-refractivity contribution in [3.63, 3.8) is 0 Å². The largest absolute Gasteiger partial charge is 0.352 e. The SMILES string of the molecule is Cc1cnc(NC2CCC(N3CCC3)CC2)nc1-c1cnc2ccc(Nc3cncnc3)cn12. The van der Waals surface area contributed by atoms with Gasteiger partial charge in [0, 0.05) is 24.5 Å². The zero-order valence-corrected chi connectivity index (χ0v) is 19.4. The van der Waals surface area contributed by atoms with Crippen molar-refractivity contribution in [2.45, 2.75) is 51.1 Å². The smallest absolute Gasteiger partial charge is 0.223 e. The van der Waals surface area contributed by atoms with Crippen molar-refractivity contribution < 1.29 is 0 Å². The number of rotatable bonds is 6. The zero-order valence-electron chi connectivity index (χ0n) is 19.4. The fourth-order valence-electron chi connectivity index (χ4n) is 5.00. The molecule has 0 radical (unpaired) electrons. The van der Waals surface area contributed by atoms with Gasteiger partial charge in [-0.3, -0.25) is 4.40 Å². The molecule has 4 aromatic heterocycles. The molecule has 2 fully saturated rings. The van der Waals surface area contributed by atoms with Crippen LogP contribution in [-0.4, -0.2) is 59.4 Å². The van der Waals surface area contributed by atoms with E-state index in [0.29, 0.717) is 12.0 Å². The lowest BCUT2D eigenvalue weighted by molar-refractivity contribution is 0.0888. The molecule has 1 aliphatic heterocycles. The van der Waals surface area contributed by atoms with Crippen molar-refractivity contribution in [3.05, 3.63) is 55.0 Å². The highest BCUT2D eigenvalue weighted by Crippen LogP contribution is 2.29. The van der Waals surface area contributed by atoms with Gasteiger partial charge in [0.05, 0.1) is 41.4 Å². The maximum atomic E-state index is 4.92. The third kappa shape index (κ3) is 4.19. The Labute approximate surface area is 198 Å². The van der Waals surface area contributed by atoms with Crippen LogP contribution in [0.5, 0.6) is 0 Å². The first-order valence-electron chi connectivity index (χ1n) is 12.1. The van der Waals surface area contributed by atoms with Gasteiger partial charge >= 0.3 is 0 Å². The van der Waals surface area contributed by atoms with E-state index in [-0.39, 0.29) is 0 Å². The van der Waals surface area contributed by atoms with Crippen LogP contribution in [0, 0.1) is 6.92 Å². The van der Waals surface area contributed by atoms with Crippen LogP contribution in [-0.2, 0) is 0 Å². The van der Waals surface area contributed by atoms with E-state index in [1.807, 2.05) is 37.6 Å². The van der Waals surface area contributed by atoms with Crippen molar-refractivity contribution in [2.24, 2.45) is 0 Å². The molecule has 9 heteroatoms. The van der Waals surface area contributed by atoms with Gasteiger partial charge in [0.25, 0.3) is 0 Å². The Kier molecular flexibility index (Phi) is 5.54. The molecule has 2 aliphatic rings. The number of aromatic nitrogens is 6. The Balaban J connectivity index is 1.22. The lowest BCUT2D eigenvalue weighted by Crippen LogP contribution is -2.47. The number of aryl methyl sites for hydroxylation is 1. The van der Waals surface area contributed by atoms with Crippen LogP contribution in [0.25, 0.3) is 17.0 Å². The fraction of sp³-hybridized carbons (Fsp3) is 0.400. The maximum absolute atomic E-state index is 4.92. The topological polar surface area (TPSA) is 96.2 Å². The number of likely N-dealkylation sites (tertiary alicyclic amines) is 1. The highest BCUT2D eigenvalue weighted by atomic mass is 15.2. The predicted octanol–water partition coefficient (Wildman–Crippen LogP) is 4.06. The lowest BCUT2D eigenvalue weighted by Gasteiger charge is -2.42. The summed E-state index contributed by atoms with van der Waals surface area (Å²) in [5.41, 5.74) is 5.46. The van der Waals surface area contributed by atoms with Gasteiger partial charge in [0.2, 0.25) is 5.95 Å². The third-order valence-electron chi connectivity index (χ3n) is 7.01. The minimum absolute atomic E-state index is 0.430. The van der Waals surface area contributed by atoms with E-state index in [0.717, 1.165) is 40.0 Å². The summed E-state index contributed by atoms with van der Waals surface area (Å²) in [6.45, 7) is 4.60. The molecule has 2 N–H and O–H groups in total. The fourth-order valence-corrected chi connectivity index (χ4v) is 5.00. The van der Waals surface area contributed by atoms with E-state index in [1.165, 1.54) is 51.5 Å². The summed E-state index contributed by atoms with van der Waals surface area (Å²) in [4.78, 5) is 24.9. The number of hydrogen-bond acceptors (Lipinski definition) is 8. The van der Waals surface area contributed by atoms with Crippen molar-refractivity contribution in [3.8, 4) is 11.4 Å². The Hall–Kier alpha value is -3.59. The van der Waals surface area contributed by atoms with Gasteiger partial charge in [0.15, 0.2) is 0 Å². The van der Waals surface area contributed by atoms with Gasteiger partial charge in [0.1, 0.15) is 12.0 Å². The Morgan fingerprint density at radius 3 is 2.50 bits per heavy atom. The van der Waals surface area contributed by atoms with Gasteiger partial charge in [-0.05, 0) is 69.8 Å². The third-order valence-corrected chi connectivity index (χ3v) is 7.01. The summed E-state index contributed by atoms with van der Waals surface area (Å²) in [6.07, 6.45) is 17.0. The molecule has 0 spiro atoms. The molecule has 0 unspecified atom stereocenters. The molecule has 1 saturated heterocycles. The number of anilines is 3. The molecule has 34 heavy (non-hydrogen) atoms. The number of imidazole rings is 1. The molecule has 4 aromatic rings. The second kappa shape index (κ2) is 8.98. The van der Waals surface area contributed by atoms with Crippen LogP contribution < -0.4 is 10.6 Å². The average Bonchev–Trinajstić information content (AvgIpc) is 3.24. The molecular weight excluding hydrogens is 426 g/mol. The standard InChI is InChI=1S/C25H29N9/c1-17-11-29-25(31-18-3-6-21(7-4-18)33-9-2-10-33)32-24(17)22-14-28-23-8-5-19(15-34(22)23)30-20-12-26-16-27-13-20/h5,8,11-16,18,21,30H,2-4,6-7,9-10H2,1H3,(H,29,31,32). The van der Waals surface area contributed by atoms with Crippen LogP contribution in [0.3, 0.4) is 0 Å². The highest BCUT2D eigenvalue weighted by Gasteiger charge is 2.29. The first kappa shape index (κ1) is 21.0. The Morgan fingerprint density at radius 1 is 0.912 bits per heavy atom. The zero-order chi connectivity index (χ0) is 22.9. The summed E-state index contributed by atoms with van der Waals surface area (Å²) in [7, 11) is 0. The van der Waals surface area contributed by atoms with Gasteiger partial charge in [-0.25, -0.2) is 24.9 Å². The van der Waals surface area contributed by atoms with E-state index >= 15 is 0 Å². The molecule has 1 aliphatic carbocycles. The first-order chi connectivity index (χ1) is 16.7. The summed E-state index contributed by atoms with van der Waals surface area (Å²) in [6, 6.07) is 5.18. The van der Waals surface area contributed by atoms with Gasteiger partial charge in [-0.2, -0.15) is 0 Å². The molecule has 0 aromatic carbocycles. The van der Waals surface area contributed by atoms with E-state index < -0.39 is 0 Å². The van der Waals surface area contributed by atoms with Crippen LogP contribution in [0.15, 0.2) is 49.4 Å². The summed E-state index contributed by atoms with van der Waals surface area (Å²) in [5, 5.41) is 6.94. The van der Waals surface area contributed by atoms with Crippen LogP contribution >= 0.6 is 0 Å². The second-order valence-corrected chi connectivity index (χ2v) is 9.31. The van der Waals surface area contributed by atoms with Crippen molar-refractivity contribution in [1.82, 2.24) is 34.2 Å². The van der Waals surface area contributed by atoms with E-state index in [2.05, 4.69) is 39.9 Å². The second-order valence-electron chi connectivity index (χ2n) is 9.31. The molecule has 0 bridgehead atoms. The van der Waals surface area contributed by atoms with Gasteiger partial charge in [-0.1, -0.05) is 0 Å². The quantitative estimate of drug-likeness (QED) is 0.449. The number of nitrogens with one attached hydrogen (secondary N) is 2. The van der Waals surface area contributed by atoms with Crippen LogP contribution in [0.1, 0.15) is 37.7 Å². The summed E-state index contributed by atoms with van der Waals surface area (Å²) >= 11 is 0. The first-order valence-corrected chi connectivity index (χ1v) is 12.1. The molecule has 174 valence electrons. The molecule has 5 heterocycles. The number of fused-ring (bicyclic) bond motifs is 1. The monoisotopic (exact) mass is 455 g/mol. The number of nitrogens with zero attached hydrogens (tertiary/aromatic N) is 7. The van der Waals surface area contributed by atoms with Crippen molar-refractivity contribution in [2.75, 3.05) is 23.7 Å². The summed E-state index contributed by atoms with van der Waals surface area (Å²) in [5.74, 6) is 0.693. The normalized spacial score (nSPS) is 20.7. The molecule has 1 saturated carbocycles. The minimum Gasteiger partial charge on any atom is -0.352 e. The average molecular weight is 456 g/mol. The van der Waals surface area contributed by atoms with Crippen molar-refractivity contribution >= 4 is 23.0 Å². The van der Waals surface area contributed by atoms with Crippen LogP contribution in [0.2, 0.25) is 0 Å². The van der Waals surface area contributed by atoms with E-state index in [9.17, 15) is 0 Å². The van der Waals surface area contributed by atoms with Crippen LogP contribution in [0.4, 0.5) is 17.3 Å². The molecular formula is C25H29N9. The minimum atomic E-state index is 0.430. The maximum Gasteiger partial charge on any atom is 0.223 e. The molecule has 0 atom stereocenters. The van der Waals surface area contributed by atoms with E-state index in [4.69, 9.17) is 4.98 Å². The Morgan fingerprint density at radius 2 is 1.74 bits per heavy atom. The van der Waals surface area contributed by atoms with E-state index in [1.54, 1.807) is 12.4 Å². The number of hydrogen-bond donors (Lipinski definition) is 2. The predicted molar refractivity (Wildman–Crippen MR) is 132 cm³/mol. The van der Waals surface area contributed by atoms with Gasteiger partial charge < -0.3 is 15.5 Å². The molecule has 9 nitrogen and oxygen atoms in total. The Bertz CT molecular complexity index is 1270.